The Labute approximate surface area is 189 Å². The van der Waals surface area contributed by atoms with Gasteiger partial charge in [-0.05, 0) is 54.0 Å². The summed E-state index contributed by atoms with van der Waals surface area (Å²) in [6.45, 7) is 0. The van der Waals surface area contributed by atoms with E-state index in [1.807, 2.05) is 78.5 Å². The number of aromatic nitrogens is 1. The molecule has 4 aromatic rings. The standard InChI is InChI=1S/C25H17Cl2NOS/c26-17-11-9-16(21(27)15-17)10-12-22-19-13-14-30-25(19)20-7-4-8-23(24(20)28-22)29-18-5-2-1-3-6-18/h1-12,15H,13-14H2. The molecule has 5 heteroatoms. The topological polar surface area (TPSA) is 22.1 Å². The number of thioether (sulfide) groups is 1. The van der Waals surface area contributed by atoms with Crippen LogP contribution in [-0.2, 0) is 6.42 Å². The summed E-state index contributed by atoms with van der Waals surface area (Å²) in [6.07, 6.45) is 5.04. The zero-order chi connectivity index (χ0) is 20.5. The summed E-state index contributed by atoms with van der Waals surface area (Å²) in [7, 11) is 0. The van der Waals surface area contributed by atoms with Gasteiger partial charge in [0.15, 0.2) is 5.75 Å². The summed E-state index contributed by atoms with van der Waals surface area (Å²) in [5.74, 6) is 2.61. The fourth-order valence-corrected chi connectivity index (χ4v) is 5.27. The molecular formula is C25H17Cl2NOS. The van der Waals surface area contributed by atoms with Crippen LogP contribution in [0.2, 0.25) is 10.0 Å². The van der Waals surface area contributed by atoms with Crippen molar-refractivity contribution in [3.05, 3.63) is 93.6 Å². The quantitative estimate of drug-likeness (QED) is 0.313. The average Bonchev–Trinajstić information content (AvgIpc) is 3.25. The van der Waals surface area contributed by atoms with Gasteiger partial charge in [-0.3, -0.25) is 0 Å². The normalized spacial score (nSPS) is 13.1. The fraction of sp³-hybridized carbons (Fsp3) is 0.0800. The first kappa shape index (κ1) is 19.5. The second kappa shape index (κ2) is 8.35. The lowest BCUT2D eigenvalue weighted by Crippen LogP contribution is -1.96. The van der Waals surface area contributed by atoms with E-state index < -0.39 is 0 Å². The monoisotopic (exact) mass is 449 g/mol. The maximum absolute atomic E-state index is 6.34. The van der Waals surface area contributed by atoms with E-state index >= 15 is 0 Å². The van der Waals surface area contributed by atoms with Crippen molar-refractivity contribution in [3.63, 3.8) is 0 Å². The third kappa shape index (κ3) is 3.81. The molecule has 0 N–H and O–H groups in total. The van der Waals surface area contributed by atoms with Crippen molar-refractivity contribution in [1.29, 1.82) is 0 Å². The Morgan fingerprint density at radius 1 is 0.933 bits per heavy atom. The van der Waals surface area contributed by atoms with E-state index in [2.05, 4.69) is 6.07 Å². The molecule has 148 valence electrons. The highest BCUT2D eigenvalue weighted by Gasteiger charge is 2.21. The van der Waals surface area contributed by atoms with Crippen LogP contribution in [0, 0.1) is 0 Å². The largest absolute Gasteiger partial charge is 0.455 e. The van der Waals surface area contributed by atoms with Crippen LogP contribution in [0.3, 0.4) is 0 Å². The maximum atomic E-state index is 6.34. The minimum Gasteiger partial charge on any atom is -0.455 e. The van der Waals surface area contributed by atoms with Gasteiger partial charge < -0.3 is 4.74 Å². The van der Waals surface area contributed by atoms with Crippen LogP contribution in [0.1, 0.15) is 16.8 Å². The Kier molecular flexibility index (Phi) is 5.43. The number of fused-ring (bicyclic) bond motifs is 3. The summed E-state index contributed by atoms with van der Waals surface area (Å²) in [4.78, 5) is 6.30. The molecule has 0 fully saturated rings. The lowest BCUT2D eigenvalue weighted by Gasteiger charge is -2.12. The van der Waals surface area contributed by atoms with E-state index in [0.717, 1.165) is 45.8 Å². The molecule has 0 unspecified atom stereocenters. The number of halogens is 2. The molecule has 0 aliphatic carbocycles. The SMILES string of the molecule is Clc1ccc(C=Cc2nc3c(Oc4ccccc4)cccc3c3c2CCS3)c(Cl)c1. The van der Waals surface area contributed by atoms with Crippen molar-refractivity contribution in [3.8, 4) is 11.5 Å². The second-order valence-corrected chi connectivity index (χ2v) is 8.92. The maximum Gasteiger partial charge on any atom is 0.153 e. The van der Waals surface area contributed by atoms with Crippen molar-refractivity contribution in [1.82, 2.24) is 4.98 Å². The molecular weight excluding hydrogens is 433 g/mol. The van der Waals surface area contributed by atoms with Crippen LogP contribution in [0.15, 0.2) is 71.6 Å². The number of hydrogen-bond acceptors (Lipinski definition) is 3. The molecule has 0 bridgehead atoms. The first-order chi connectivity index (χ1) is 14.7. The molecule has 30 heavy (non-hydrogen) atoms. The summed E-state index contributed by atoms with van der Waals surface area (Å²) >= 11 is 14.2. The van der Waals surface area contributed by atoms with Crippen LogP contribution in [0.4, 0.5) is 0 Å². The molecule has 0 radical (unpaired) electrons. The molecule has 1 aliphatic rings. The van der Waals surface area contributed by atoms with Crippen LogP contribution in [-0.4, -0.2) is 10.7 Å². The lowest BCUT2D eigenvalue weighted by atomic mass is 10.1. The van der Waals surface area contributed by atoms with E-state index in [4.69, 9.17) is 32.9 Å². The van der Waals surface area contributed by atoms with Gasteiger partial charge >= 0.3 is 0 Å². The summed E-state index contributed by atoms with van der Waals surface area (Å²) in [5, 5.41) is 2.39. The first-order valence-electron chi connectivity index (χ1n) is 9.63. The first-order valence-corrected chi connectivity index (χ1v) is 11.4. The minimum absolute atomic E-state index is 0.624. The van der Waals surface area contributed by atoms with E-state index in [1.165, 1.54) is 10.5 Å². The second-order valence-electron chi connectivity index (χ2n) is 6.97. The Morgan fingerprint density at radius 2 is 1.80 bits per heavy atom. The number of ether oxygens (including phenoxy) is 1. The third-order valence-electron chi connectivity index (χ3n) is 5.01. The van der Waals surface area contributed by atoms with Gasteiger partial charge in [0, 0.05) is 26.1 Å². The molecule has 2 nitrogen and oxygen atoms in total. The van der Waals surface area contributed by atoms with Crippen LogP contribution in [0.5, 0.6) is 11.5 Å². The van der Waals surface area contributed by atoms with Gasteiger partial charge in [0.05, 0.1) is 5.69 Å². The van der Waals surface area contributed by atoms with Crippen LogP contribution >= 0.6 is 35.0 Å². The van der Waals surface area contributed by atoms with Gasteiger partial charge in [-0.15, -0.1) is 11.8 Å². The highest BCUT2D eigenvalue weighted by atomic mass is 35.5. The molecule has 0 spiro atoms. The Bertz CT molecular complexity index is 1270. The molecule has 5 rings (SSSR count). The highest BCUT2D eigenvalue weighted by molar-refractivity contribution is 7.99. The summed E-state index contributed by atoms with van der Waals surface area (Å²) < 4.78 is 6.17. The zero-order valence-electron chi connectivity index (χ0n) is 15.9. The molecule has 0 atom stereocenters. The van der Waals surface area contributed by atoms with E-state index in [1.54, 1.807) is 6.07 Å². The van der Waals surface area contributed by atoms with Gasteiger partial charge in [-0.2, -0.15) is 0 Å². The predicted octanol–water partition coefficient (Wildman–Crippen LogP) is 8.15. The Morgan fingerprint density at radius 3 is 2.63 bits per heavy atom. The fourth-order valence-electron chi connectivity index (χ4n) is 3.59. The molecule has 2 heterocycles. The number of para-hydroxylation sites is 2. The number of hydrogen-bond donors (Lipinski definition) is 0. The van der Waals surface area contributed by atoms with Crippen molar-refractivity contribution in [2.75, 3.05) is 5.75 Å². The van der Waals surface area contributed by atoms with Gasteiger partial charge in [-0.25, -0.2) is 4.98 Å². The molecule has 1 aliphatic heterocycles. The molecule has 0 saturated carbocycles. The number of pyridine rings is 1. The van der Waals surface area contributed by atoms with Gasteiger partial charge in [0.2, 0.25) is 0 Å². The van der Waals surface area contributed by atoms with E-state index in [0.29, 0.717) is 10.0 Å². The van der Waals surface area contributed by atoms with Gasteiger partial charge in [0.25, 0.3) is 0 Å². The van der Waals surface area contributed by atoms with Crippen molar-refractivity contribution in [2.24, 2.45) is 0 Å². The van der Waals surface area contributed by atoms with Gasteiger partial charge in [-0.1, -0.05) is 65.7 Å². The third-order valence-corrected chi connectivity index (χ3v) is 6.74. The lowest BCUT2D eigenvalue weighted by molar-refractivity contribution is 0.487. The van der Waals surface area contributed by atoms with Crippen LogP contribution < -0.4 is 4.74 Å². The molecule has 3 aromatic carbocycles. The molecule has 1 aromatic heterocycles. The van der Waals surface area contributed by atoms with Crippen molar-refractivity contribution >= 4 is 58.0 Å². The average molecular weight is 450 g/mol. The molecule has 0 amide bonds. The Balaban J connectivity index is 1.62. The number of nitrogens with zero attached hydrogens (tertiary/aromatic N) is 1. The highest BCUT2D eigenvalue weighted by Crippen LogP contribution is 2.42. The van der Waals surface area contributed by atoms with Gasteiger partial charge in [0.1, 0.15) is 11.3 Å². The smallest absolute Gasteiger partial charge is 0.153 e. The zero-order valence-corrected chi connectivity index (χ0v) is 18.3. The minimum atomic E-state index is 0.624. The van der Waals surface area contributed by atoms with Crippen LogP contribution in [0.25, 0.3) is 23.1 Å². The summed E-state index contributed by atoms with van der Waals surface area (Å²) in [5.41, 5.74) is 4.02. The van der Waals surface area contributed by atoms with E-state index in [-0.39, 0.29) is 0 Å². The van der Waals surface area contributed by atoms with Crippen molar-refractivity contribution < 1.29 is 4.74 Å². The summed E-state index contributed by atoms with van der Waals surface area (Å²) in [6, 6.07) is 21.4. The van der Waals surface area contributed by atoms with Crippen molar-refractivity contribution in [2.45, 2.75) is 11.3 Å². The number of rotatable bonds is 4. The Hall–Kier alpha value is -2.46. The predicted molar refractivity (Wildman–Crippen MR) is 128 cm³/mol. The molecule has 0 saturated heterocycles. The number of benzene rings is 3. The van der Waals surface area contributed by atoms with E-state index in [9.17, 15) is 0 Å².